The van der Waals surface area contributed by atoms with Gasteiger partial charge in [0.15, 0.2) is 0 Å². The van der Waals surface area contributed by atoms with Crippen molar-refractivity contribution in [2.45, 2.75) is 64.5 Å². The molecule has 0 radical (unpaired) electrons. The Balaban J connectivity index is 1.54. The highest BCUT2D eigenvalue weighted by molar-refractivity contribution is 5.91. The first-order valence-corrected chi connectivity index (χ1v) is 11.0. The zero-order valence-electron chi connectivity index (χ0n) is 18.8. The smallest absolute Gasteiger partial charge is 0.230 e. The quantitative estimate of drug-likeness (QED) is 0.569. The Hall–Kier alpha value is -2.17. The van der Waals surface area contributed by atoms with Crippen molar-refractivity contribution >= 4 is 5.91 Å². The van der Waals surface area contributed by atoms with Crippen LogP contribution in [-0.2, 0) is 38.2 Å². The molecule has 4 heteroatoms. The van der Waals surface area contributed by atoms with Crippen LogP contribution in [-0.4, -0.2) is 25.7 Å². The molecule has 0 heterocycles. The molecular weight excluding hydrogens is 374 g/mol. The van der Waals surface area contributed by atoms with Gasteiger partial charge in [-0.05, 0) is 47.4 Å². The molecule has 1 amide bonds. The van der Waals surface area contributed by atoms with Gasteiger partial charge in [-0.1, -0.05) is 69.3 Å². The van der Waals surface area contributed by atoms with Crippen LogP contribution in [0.15, 0.2) is 48.5 Å². The van der Waals surface area contributed by atoms with Gasteiger partial charge in [-0.15, -0.1) is 0 Å². The van der Waals surface area contributed by atoms with E-state index in [4.69, 9.17) is 9.47 Å². The van der Waals surface area contributed by atoms with Crippen LogP contribution in [0.1, 0.15) is 62.8 Å². The molecule has 1 N–H and O–H groups in total. The number of hydrogen-bond donors (Lipinski definition) is 1. The van der Waals surface area contributed by atoms with E-state index in [9.17, 15) is 4.79 Å². The van der Waals surface area contributed by atoms with Gasteiger partial charge in [0.25, 0.3) is 0 Å². The molecule has 30 heavy (non-hydrogen) atoms. The first-order valence-electron chi connectivity index (χ1n) is 11.0. The SMILES string of the molecule is CCOCCOCc1cccc(CNC(=O)C2(c3ccc(C(C)(C)C)cc3)CC2)c1. The van der Waals surface area contributed by atoms with E-state index in [1.165, 1.54) is 5.56 Å². The maximum atomic E-state index is 13.0. The van der Waals surface area contributed by atoms with Gasteiger partial charge in [-0.25, -0.2) is 0 Å². The molecule has 2 aromatic carbocycles. The molecule has 1 saturated carbocycles. The molecule has 1 aliphatic carbocycles. The van der Waals surface area contributed by atoms with Crippen LogP contribution in [0.25, 0.3) is 0 Å². The van der Waals surface area contributed by atoms with Gasteiger partial charge in [-0.2, -0.15) is 0 Å². The molecule has 0 spiro atoms. The highest BCUT2D eigenvalue weighted by Gasteiger charge is 2.51. The predicted molar refractivity (Wildman–Crippen MR) is 120 cm³/mol. The average Bonchev–Trinajstić information content (AvgIpc) is 3.54. The third kappa shape index (κ3) is 5.71. The van der Waals surface area contributed by atoms with Gasteiger partial charge >= 0.3 is 0 Å². The fourth-order valence-electron chi connectivity index (χ4n) is 3.69. The van der Waals surface area contributed by atoms with Gasteiger partial charge in [-0.3, -0.25) is 4.79 Å². The Morgan fingerprint density at radius 3 is 2.30 bits per heavy atom. The van der Waals surface area contributed by atoms with Crippen LogP contribution in [0.2, 0.25) is 0 Å². The summed E-state index contributed by atoms with van der Waals surface area (Å²) in [5, 5.41) is 3.16. The van der Waals surface area contributed by atoms with Crippen LogP contribution in [0, 0.1) is 0 Å². The van der Waals surface area contributed by atoms with Crippen molar-refractivity contribution in [1.82, 2.24) is 5.32 Å². The molecule has 0 saturated heterocycles. The van der Waals surface area contributed by atoms with E-state index in [0.717, 1.165) is 29.5 Å². The highest BCUT2D eigenvalue weighted by Crippen LogP contribution is 2.48. The van der Waals surface area contributed by atoms with E-state index in [2.05, 4.69) is 56.4 Å². The summed E-state index contributed by atoms with van der Waals surface area (Å²) in [6, 6.07) is 16.8. The number of carbonyl (C=O) groups is 1. The summed E-state index contributed by atoms with van der Waals surface area (Å²) in [6.07, 6.45) is 1.84. The van der Waals surface area contributed by atoms with Gasteiger partial charge in [0.05, 0.1) is 25.2 Å². The molecule has 0 unspecified atom stereocenters. The van der Waals surface area contributed by atoms with Crippen LogP contribution >= 0.6 is 0 Å². The van der Waals surface area contributed by atoms with E-state index in [-0.39, 0.29) is 16.7 Å². The number of hydrogen-bond acceptors (Lipinski definition) is 3. The van der Waals surface area contributed by atoms with Crippen molar-refractivity contribution < 1.29 is 14.3 Å². The third-order valence-electron chi connectivity index (χ3n) is 5.78. The average molecular weight is 410 g/mol. The van der Waals surface area contributed by atoms with Crippen molar-refractivity contribution in [2.24, 2.45) is 0 Å². The third-order valence-corrected chi connectivity index (χ3v) is 5.78. The van der Waals surface area contributed by atoms with E-state index in [1.54, 1.807) is 0 Å². The lowest BCUT2D eigenvalue weighted by Gasteiger charge is -2.21. The molecule has 2 aromatic rings. The van der Waals surface area contributed by atoms with Crippen LogP contribution in [0.5, 0.6) is 0 Å². The molecule has 0 aliphatic heterocycles. The van der Waals surface area contributed by atoms with Crippen molar-refractivity contribution in [3.05, 3.63) is 70.8 Å². The first kappa shape index (κ1) is 22.5. The molecule has 1 aliphatic rings. The molecule has 0 aromatic heterocycles. The summed E-state index contributed by atoms with van der Waals surface area (Å²) in [5.74, 6) is 0.129. The minimum Gasteiger partial charge on any atom is -0.379 e. The topological polar surface area (TPSA) is 47.6 Å². The number of benzene rings is 2. The second-order valence-electron chi connectivity index (χ2n) is 9.16. The van der Waals surface area contributed by atoms with E-state index >= 15 is 0 Å². The molecule has 0 atom stereocenters. The Kier molecular flexibility index (Phi) is 7.32. The highest BCUT2D eigenvalue weighted by atomic mass is 16.5. The molecule has 162 valence electrons. The maximum Gasteiger partial charge on any atom is 0.230 e. The second kappa shape index (κ2) is 9.76. The minimum atomic E-state index is -0.351. The van der Waals surface area contributed by atoms with Crippen LogP contribution < -0.4 is 5.32 Å². The van der Waals surface area contributed by atoms with Gasteiger partial charge in [0.1, 0.15) is 0 Å². The summed E-state index contributed by atoms with van der Waals surface area (Å²) in [4.78, 5) is 13.0. The molecule has 0 bridgehead atoms. The minimum absolute atomic E-state index is 0.120. The van der Waals surface area contributed by atoms with Gasteiger partial charge in [0, 0.05) is 13.2 Å². The molecular formula is C26H35NO3. The number of rotatable bonds is 10. The van der Waals surface area contributed by atoms with Crippen molar-refractivity contribution in [2.75, 3.05) is 19.8 Å². The fourth-order valence-corrected chi connectivity index (χ4v) is 3.69. The van der Waals surface area contributed by atoms with Crippen molar-refractivity contribution in [1.29, 1.82) is 0 Å². The summed E-state index contributed by atoms with van der Waals surface area (Å²) < 4.78 is 10.9. The normalized spacial score (nSPS) is 15.1. The molecule has 1 fully saturated rings. The number of ether oxygens (including phenoxy) is 2. The summed E-state index contributed by atoms with van der Waals surface area (Å²) in [7, 11) is 0. The fraction of sp³-hybridized carbons (Fsp3) is 0.500. The summed E-state index contributed by atoms with van der Waals surface area (Å²) in [6.45, 7) is 11.6. The van der Waals surface area contributed by atoms with Crippen LogP contribution in [0.4, 0.5) is 0 Å². The lowest BCUT2D eigenvalue weighted by atomic mass is 9.85. The Labute approximate surface area is 181 Å². The zero-order valence-corrected chi connectivity index (χ0v) is 18.8. The zero-order chi connectivity index (χ0) is 21.6. The van der Waals surface area contributed by atoms with E-state index < -0.39 is 0 Å². The van der Waals surface area contributed by atoms with Crippen molar-refractivity contribution in [3.63, 3.8) is 0 Å². The van der Waals surface area contributed by atoms with Crippen molar-refractivity contribution in [3.8, 4) is 0 Å². The Morgan fingerprint density at radius 2 is 1.67 bits per heavy atom. The molecule has 3 rings (SSSR count). The van der Waals surface area contributed by atoms with E-state index in [0.29, 0.717) is 33.0 Å². The maximum absolute atomic E-state index is 13.0. The summed E-state index contributed by atoms with van der Waals surface area (Å²) >= 11 is 0. The van der Waals surface area contributed by atoms with Gasteiger partial charge in [0.2, 0.25) is 5.91 Å². The number of carbonyl (C=O) groups excluding carboxylic acids is 1. The predicted octanol–water partition coefficient (Wildman–Crippen LogP) is 4.89. The largest absolute Gasteiger partial charge is 0.379 e. The summed E-state index contributed by atoms with van der Waals surface area (Å²) in [5.41, 5.74) is 4.39. The number of nitrogens with one attached hydrogen (secondary N) is 1. The standard InChI is InChI=1S/C26H35NO3/c1-5-29-15-16-30-19-21-8-6-7-20(17-21)18-27-24(28)26(13-14-26)23-11-9-22(10-12-23)25(2,3)4/h6-12,17H,5,13-16,18-19H2,1-4H3,(H,27,28). The lowest BCUT2D eigenvalue weighted by molar-refractivity contribution is -0.123. The molecule has 4 nitrogen and oxygen atoms in total. The Bertz CT molecular complexity index is 832. The van der Waals surface area contributed by atoms with Gasteiger partial charge < -0.3 is 14.8 Å². The monoisotopic (exact) mass is 409 g/mol. The lowest BCUT2D eigenvalue weighted by Crippen LogP contribution is -2.34. The number of amides is 1. The van der Waals surface area contributed by atoms with E-state index in [1.807, 2.05) is 25.1 Å². The van der Waals surface area contributed by atoms with Crippen LogP contribution in [0.3, 0.4) is 0 Å². The Morgan fingerprint density at radius 1 is 1.00 bits per heavy atom. The second-order valence-corrected chi connectivity index (χ2v) is 9.16. The first-order chi connectivity index (χ1) is 14.3.